The molecule has 7 nitrogen and oxygen atoms in total. The molecule has 1 aromatic carbocycles. The van der Waals surface area contributed by atoms with Crippen molar-refractivity contribution < 1.29 is 4.74 Å². The van der Waals surface area contributed by atoms with Gasteiger partial charge in [0.05, 0.1) is 24.6 Å². The largest absolute Gasteiger partial charge is 0.495 e. The van der Waals surface area contributed by atoms with Crippen molar-refractivity contribution in [3.05, 3.63) is 51.4 Å². The van der Waals surface area contributed by atoms with Gasteiger partial charge in [0.1, 0.15) is 23.5 Å². The summed E-state index contributed by atoms with van der Waals surface area (Å²) in [6, 6.07) is 9.18. The van der Waals surface area contributed by atoms with Crippen molar-refractivity contribution in [2.75, 3.05) is 7.11 Å². The van der Waals surface area contributed by atoms with Gasteiger partial charge in [-0.2, -0.15) is 20.1 Å². The fourth-order valence-corrected chi connectivity index (χ4v) is 2.81. The fraction of sp³-hybridized carbons (Fsp3) is 0.222. The summed E-state index contributed by atoms with van der Waals surface area (Å²) in [6.07, 6.45) is 1.36. The van der Waals surface area contributed by atoms with E-state index in [0.717, 1.165) is 0 Å². The minimum absolute atomic E-state index is 0.0699. The first kappa shape index (κ1) is 16.3. The minimum Gasteiger partial charge on any atom is -0.495 e. The number of ether oxygens (including phenoxy) is 1. The first-order chi connectivity index (χ1) is 12.0. The van der Waals surface area contributed by atoms with Crippen LogP contribution >= 0.6 is 0 Å². The maximum atomic E-state index is 12.9. The second-order valence-corrected chi connectivity index (χ2v) is 5.83. The van der Waals surface area contributed by atoms with Crippen LogP contribution in [0, 0.1) is 22.7 Å². The first-order valence-corrected chi connectivity index (χ1v) is 7.64. The molecule has 0 fully saturated rings. The molecule has 124 valence electrons. The normalized spacial score (nSPS) is 10.6. The van der Waals surface area contributed by atoms with E-state index in [1.807, 2.05) is 19.9 Å². The summed E-state index contributed by atoms with van der Waals surface area (Å²) in [6.45, 7) is 3.82. The van der Waals surface area contributed by atoms with Gasteiger partial charge in [-0.25, -0.2) is 0 Å². The third-order valence-corrected chi connectivity index (χ3v) is 4.01. The van der Waals surface area contributed by atoms with Gasteiger partial charge in [0.2, 0.25) is 0 Å². The number of fused-ring (bicyclic) bond motifs is 1. The molecular weight excluding hydrogens is 318 g/mol. The highest BCUT2D eigenvalue weighted by Crippen LogP contribution is 2.30. The molecule has 0 saturated carbocycles. The molecule has 0 radical (unpaired) electrons. The van der Waals surface area contributed by atoms with Gasteiger partial charge in [0, 0.05) is 11.1 Å². The molecule has 0 saturated heterocycles. The third-order valence-electron chi connectivity index (χ3n) is 4.01. The lowest BCUT2D eigenvalue weighted by Crippen LogP contribution is -2.22. The van der Waals surface area contributed by atoms with E-state index in [0.29, 0.717) is 33.8 Å². The predicted molar refractivity (Wildman–Crippen MR) is 91.3 cm³/mol. The molecule has 0 unspecified atom stereocenters. The van der Waals surface area contributed by atoms with Crippen LogP contribution < -0.4 is 10.3 Å². The van der Waals surface area contributed by atoms with Crippen LogP contribution in [0.3, 0.4) is 0 Å². The molecule has 1 N–H and O–H groups in total. The number of nitrogens with one attached hydrogen (secondary N) is 1. The quantitative estimate of drug-likeness (QED) is 0.792. The number of rotatable bonds is 3. The maximum absolute atomic E-state index is 12.9. The Morgan fingerprint density at radius 2 is 1.96 bits per heavy atom. The summed E-state index contributed by atoms with van der Waals surface area (Å²) >= 11 is 0. The van der Waals surface area contributed by atoms with Crippen molar-refractivity contribution in [1.29, 1.82) is 10.5 Å². The van der Waals surface area contributed by atoms with Crippen molar-refractivity contribution >= 4 is 5.65 Å². The van der Waals surface area contributed by atoms with Crippen LogP contribution in [-0.2, 0) is 0 Å². The highest BCUT2D eigenvalue weighted by Gasteiger charge is 2.20. The summed E-state index contributed by atoms with van der Waals surface area (Å²) in [4.78, 5) is 16.0. The Labute approximate surface area is 143 Å². The molecule has 7 heteroatoms. The molecule has 0 amide bonds. The Hall–Kier alpha value is -3.58. The summed E-state index contributed by atoms with van der Waals surface area (Å²) in [5.41, 5.74) is 2.60. The molecule has 3 aromatic rings. The second kappa shape index (κ2) is 6.14. The number of nitriles is 2. The lowest BCUT2D eigenvalue weighted by Gasteiger charge is -2.14. The number of aromatic nitrogens is 3. The zero-order valence-corrected chi connectivity index (χ0v) is 14.0. The topological polar surface area (TPSA) is 107 Å². The van der Waals surface area contributed by atoms with Gasteiger partial charge in [-0.05, 0) is 18.1 Å². The Morgan fingerprint density at radius 3 is 2.56 bits per heavy atom. The SMILES string of the molecule is COc1cc(-c2[nH]c3c(C#N)cnn3c(=O)c2C(C)C)ccc1C#N. The van der Waals surface area contributed by atoms with E-state index in [-0.39, 0.29) is 17.0 Å². The van der Waals surface area contributed by atoms with E-state index in [1.165, 1.54) is 17.8 Å². The lowest BCUT2D eigenvalue weighted by atomic mass is 9.97. The number of benzene rings is 1. The van der Waals surface area contributed by atoms with Gasteiger partial charge in [-0.1, -0.05) is 19.9 Å². The Balaban J connectivity index is 2.39. The van der Waals surface area contributed by atoms with Crippen molar-refractivity contribution in [3.8, 4) is 29.1 Å². The van der Waals surface area contributed by atoms with Crippen molar-refractivity contribution in [1.82, 2.24) is 14.6 Å². The average molecular weight is 333 g/mol. The second-order valence-electron chi connectivity index (χ2n) is 5.83. The predicted octanol–water partition coefficient (Wildman–Crippen LogP) is 2.56. The number of nitrogens with zero attached hydrogens (tertiary/aromatic N) is 4. The number of H-pyrrole nitrogens is 1. The maximum Gasteiger partial charge on any atom is 0.278 e. The van der Waals surface area contributed by atoms with E-state index in [2.05, 4.69) is 16.2 Å². The van der Waals surface area contributed by atoms with Gasteiger partial charge >= 0.3 is 0 Å². The highest BCUT2D eigenvalue weighted by atomic mass is 16.5. The standard InChI is InChI=1S/C18H15N5O2/c1-10(2)15-16(11-4-5-12(7-19)14(6-11)25-3)22-17-13(8-20)9-21-23(17)18(15)24/h4-6,9-10,22H,1-3H3. The molecule has 3 rings (SSSR count). The molecular formula is C18H15N5O2. The first-order valence-electron chi connectivity index (χ1n) is 7.64. The Bertz CT molecular complexity index is 1110. The number of hydrogen-bond donors (Lipinski definition) is 1. The number of hydrogen-bond acceptors (Lipinski definition) is 5. The zero-order chi connectivity index (χ0) is 18.1. The summed E-state index contributed by atoms with van der Waals surface area (Å²) in [5, 5.41) is 22.4. The Morgan fingerprint density at radius 1 is 1.24 bits per heavy atom. The van der Waals surface area contributed by atoms with Gasteiger partial charge in [-0.15, -0.1) is 0 Å². The number of methoxy groups -OCH3 is 1. The van der Waals surface area contributed by atoms with Gasteiger partial charge in [0.15, 0.2) is 5.65 Å². The molecule has 0 aliphatic heterocycles. The lowest BCUT2D eigenvalue weighted by molar-refractivity contribution is 0.413. The number of aromatic amines is 1. The fourth-order valence-electron chi connectivity index (χ4n) is 2.81. The van der Waals surface area contributed by atoms with Gasteiger partial charge in [-0.3, -0.25) is 4.79 Å². The summed E-state index contributed by atoms with van der Waals surface area (Å²) in [5.74, 6) is 0.351. The summed E-state index contributed by atoms with van der Waals surface area (Å²) < 4.78 is 6.47. The molecule has 0 spiro atoms. The van der Waals surface area contributed by atoms with Gasteiger partial charge in [0.25, 0.3) is 5.56 Å². The molecule has 0 aliphatic rings. The van der Waals surface area contributed by atoms with Crippen LogP contribution in [0.25, 0.3) is 16.9 Å². The summed E-state index contributed by atoms with van der Waals surface area (Å²) in [7, 11) is 1.49. The molecule has 0 aliphatic carbocycles. The third kappa shape index (κ3) is 2.52. The van der Waals surface area contributed by atoms with Crippen molar-refractivity contribution in [2.45, 2.75) is 19.8 Å². The molecule has 0 atom stereocenters. The highest BCUT2D eigenvalue weighted by molar-refractivity contribution is 5.70. The van der Waals surface area contributed by atoms with E-state index >= 15 is 0 Å². The van der Waals surface area contributed by atoms with Gasteiger partial charge < -0.3 is 9.72 Å². The molecule has 0 bridgehead atoms. The monoisotopic (exact) mass is 333 g/mol. The minimum atomic E-state index is -0.274. The van der Waals surface area contributed by atoms with E-state index < -0.39 is 0 Å². The molecule has 2 heterocycles. The van der Waals surface area contributed by atoms with Crippen molar-refractivity contribution in [2.24, 2.45) is 0 Å². The van der Waals surface area contributed by atoms with E-state index in [9.17, 15) is 10.1 Å². The van der Waals surface area contributed by atoms with Crippen LogP contribution in [0.2, 0.25) is 0 Å². The molecule has 2 aromatic heterocycles. The van der Waals surface area contributed by atoms with Crippen LogP contribution in [0.15, 0.2) is 29.2 Å². The zero-order valence-electron chi connectivity index (χ0n) is 14.0. The van der Waals surface area contributed by atoms with E-state index in [4.69, 9.17) is 10.00 Å². The average Bonchev–Trinajstić information content (AvgIpc) is 3.03. The smallest absolute Gasteiger partial charge is 0.278 e. The van der Waals surface area contributed by atoms with Crippen LogP contribution in [-0.4, -0.2) is 21.7 Å². The van der Waals surface area contributed by atoms with E-state index in [1.54, 1.807) is 18.2 Å². The van der Waals surface area contributed by atoms with Crippen molar-refractivity contribution in [3.63, 3.8) is 0 Å². The van der Waals surface area contributed by atoms with Crippen LogP contribution in [0.1, 0.15) is 36.5 Å². The molecule has 25 heavy (non-hydrogen) atoms. The Kier molecular flexibility index (Phi) is 4.00. The van der Waals surface area contributed by atoms with Crippen LogP contribution in [0.5, 0.6) is 5.75 Å². The van der Waals surface area contributed by atoms with Crippen LogP contribution in [0.4, 0.5) is 0 Å².